The minimum atomic E-state index is -0.233. The zero-order valence-electron chi connectivity index (χ0n) is 15.3. The van der Waals surface area contributed by atoms with Crippen molar-refractivity contribution in [2.24, 2.45) is 4.99 Å². The van der Waals surface area contributed by atoms with E-state index in [0.717, 1.165) is 18.6 Å². The Hall–Kier alpha value is -1.67. The Kier molecular flexibility index (Phi) is 10.9. The van der Waals surface area contributed by atoms with Crippen LogP contribution in [0.5, 0.6) is 0 Å². The Morgan fingerprint density at radius 2 is 1.77 bits per heavy atom. The molecule has 0 saturated carbocycles. The van der Waals surface area contributed by atoms with Crippen LogP contribution in [0.25, 0.3) is 0 Å². The van der Waals surface area contributed by atoms with Gasteiger partial charge in [0.15, 0.2) is 5.96 Å². The van der Waals surface area contributed by atoms with Crippen molar-refractivity contribution < 1.29 is 9.13 Å². The van der Waals surface area contributed by atoms with Gasteiger partial charge in [0.05, 0.1) is 6.61 Å². The van der Waals surface area contributed by atoms with Crippen molar-refractivity contribution in [1.82, 2.24) is 10.6 Å². The predicted molar refractivity (Wildman–Crippen MR) is 115 cm³/mol. The molecule has 2 N–H and O–H groups in total. The zero-order chi connectivity index (χ0) is 17.9. The second-order valence-corrected chi connectivity index (χ2v) is 5.73. The maximum Gasteiger partial charge on any atom is 0.191 e. The predicted octanol–water partition coefficient (Wildman–Crippen LogP) is 4.24. The van der Waals surface area contributed by atoms with E-state index in [9.17, 15) is 4.39 Å². The van der Waals surface area contributed by atoms with Gasteiger partial charge in [-0.2, -0.15) is 0 Å². The highest BCUT2D eigenvalue weighted by molar-refractivity contribution is 14.0. The van der Waals surface area contributed by atoms with Crippen LogP contribution in [0.1, 0.15) is 30.0 Å². The molecular formula is C20H27FIN3O. The van der Waals surface area contributed by atoms with E-state index < -0.39 is 0 Å². The van der Waals surface area contributed by atoms with E-state index in [2.05, 4.69) is 34.7 Å². The van der Waals surface area contributed by atoms with Gasteiger partial charge in [0.25, 0.3) is 0 Å². The van der Waals surface area contributed by atoms with Gasteiger partial charge in [-0.15, -0.1) is 24.0 Å². The average Bonchev–Trinajstić information content (AvgIpc) is 2.63. The van der Waals surface area contributed by atoms with Gasteiger partial charge in [-0.25, -0.2) is 4.39 Å². The fourth-order valence-electron chi connectivity index (χ4n) is 2.43. The smallest absolute Gasteiger partial charge is 0.191 e. The lowest BCUT2D eigenvalue weighted by Gasteiger charge is -2.14. The molecule has 0 spiro atoms. The highest BCUT2D eigenvalue weighted by Gasteiger charge is 2.04. The summed E-state index contributed by atoms with van der Waals surface area (Å²) in [7, 11) is 1.72. The van der Waals surface area contributed by atoms with Gasteiger partial charge < -0.3 is 15.4 Å². The Labute approximate surface area is 172 Å². The number of rotatable bonds is 8. The monoisotopic (exact) mass is 471 g/mol. The topological polar surface area (TPSA) is 45.6 Å². The molecule has 4 nitrogen and oxygen atoms in total. The standard InChI is InChI=1S/C20H26FN3O.HI/c1-3-11-25-15-18-9-5-4-8-17(18)14-24-20(22-2)23-13-16-7-6-10-19(21)12-16;/h4-10,12H,3,11,13-15H2,1-2H3,(H2,22,23,24);1H. The molecule has 0 saturated heterocycles. The number of halogens is 2. The van der Waals surface area contributed by atoms with Crippen LogP contribution in [-0.2, 0) is 24.4 Å². The van der Waals surface area contributed by atoms with Crippen molar-refractivity contribution in [3.63, 3.8) is 0 Å². The quantitative estimate of drug-likeness (QED) is 0.262. The lowest BCUT2D eigenvalue weighted by molar-refractivity contribution is 0.121. The lowest BCUT2D eigenvalue weighted by atomic mass is 10.1. The van der Waals surface area contributed by atoms with E-state index in [4.69, 9.17) is 4.74 Å². The Balaban J connectivity index is 0.00000338. The minimum absolute atomic E-state index is 0. The Bertz CT molecular complexity index is 694. The van der Waals surface area contributed by atoms with Gasteiger partial charge in [0, 0.05) is 26.7 Å². The van der Waals surface area contributed by atoms with Crippen molar-refractivity contribution in [2.75, 3.05) is 13.7 Å². The number of benzene rings is 2. The van der Waals surface area contributed by atoms with Crippen LogP contribution < -0.4 is 10.6 Å². The molecule has 0 atom stereocenters. The zero-order valence-corrected chi connectivity index (χ0v) is 17.6. The molecule has 0 bridgehead atoms. The van der Waals surface area contributed by atoms with Crippen LogP contribution in [0.4, 0.5) is 4.39 Å². The molecule has 26 heavy (non-hydrogen) atoms. The normalized spacial score (nSPS) is 11.0. The minimum Gasteiger partial charge on any atom is -0.377 e. The number of guanidine groups is 1. The first-order chi connectivity index (χ1) is 12.2. The van der Waals surface area contributed by atoms with Crippen LogP contribution >= 0.6 is 24.0 Å². The SMILES string of the molecule is CCCOCc1ccccc1CNC(=NC)NCc1cccc(F)c1.I. The summed E-state index contributed by atoms with van der Waals surface area (Å²) in [6.07, 6.45) is 1.01. The van der Waals surface area contributed by atoms with E-state index >= 15 is 0 Å². The average molecular weight is 471 g/mol. The first-order valence-electron chi connectivity index (χ1n) is 8.56. The van der Waals surface area contributed by atoms with Crippen LogP contribution in [0.3, 0.4) is 0 Å². The molecule has 0 aliphatic heterocycles. The molecule has 0 radical (unpaired) electrons. The Morgan fingerprint density at radius 1 is 1.04 bits per heavy atom. The number of hydrogen-bond acceptors (Lipinski definition) is 2. The Morgan fingerprint density at radius 3 is 2.46 bits per heavy atom. The molecule has 0 amide bonds. The van der Waals surface area contributed by atoms with Gasteiger partial charge >= 0.3 is 0 Å². The van der Waals surface area contributed by atoms with E-state index in [-0.39, 0.29) is 29.8 Å². The second-order valence-electron chi connectivity index (χ2n) is 5.73. The van der Waals surface area contributed by atoms with Crippen molar-refractivity contribution >= 4 is 29.9 Å². The number of hydrogen-bond donors (Lipinski definition) is 2. The second kappa shape index (κ2) is 12.6. The van der Waals surface area contributed by atoms with Crippen LogP contribution in [0.15, 0.2) is 53.5 Å². The number of ether oxygens (including phenoxy) is 1. The third-order valence-electron chi connectivity index (χ3n) is 3.74. The molecular weight excluding hydrogens is 444 g/mol. The lowest BCUT2D eigenvalue weighted by Crippen LogP contribution is -2.36. The molecule has 0 unspecified atom stereocenters. The van der Waals surface area contributed by atoms with Crippen LogP contribution in [0.2, 0.25) is 0 Å². The summed E-state index contributed by atoms with van der Waals surface area (Å²) in [6, 6.07) is 14.7. The molecule has 2 rings (SSSR count). The molecule has 2 aromatic carbocycles. The maximum atomic E-state index is 13.2. The summed E-state index contributed by atoms with van der Waals surface area (Å²) in [5.74, 6) is 0.441. The number of aliphatic imine (C=N–C) groups is 1. The van der Waals surface area contributed by atoms with E-state index in [1.54, 1.807) is 13.1 Å². The van der Waals surface area contributed by atoms with E-state index in [0.29, 0.717) is 25.7 Å². The summed E-state index contributed by atoms with van der Waals surface area (Å²) in [6.45, 7) is 4.63. The molecule has 0 fully saturated rings. The first kappa shape index (κ1) is 22.4. The molecule has 0 heterocycles. The maximum absolute atomic E-state index is 13.2. The fourth-order valence-corrected chi connectivity index (χ4v) is 2.43. The third-order valence-corrected chi connectivity index (χ3v) is 3.74. The van der Waals surface area contributed by atoms with Crippen molar-refractivity contribution in [3.05, 3.63) is 71.0 Å². The summed E-state index contributed by atoms with van der Waals surface area (Å²) in [5.41, 5.74) is 3.22. The van der Waals surface area contributed by atoms with Crippen molar-refractivity contribution in [2.45, 2.75) is 33.0 Å². The van der Waals surface area contributed by atoms with Gasteiger partial charge in [0.2, 0.25) is 0 Å². The van der Waals surface area contributed by atoms with Gasteiger partial charge in [0.1, 0.15) is 5.82 Å². The molecule has 2 aromatic rings. The summed E-state index contributed by atoms with van der Waals surface area (Å²) >= 11 is 0. The van der Waals surface area contributed by atoms with Gasteiger partial charge in [-0.05, 0) is 35.2 Å². The fraction of sp³-hybridized carbons (Fsp3) is 0.350. The van der Waals surface area contributed by atoms with Crippen molar-refractivity contribution in [1.29, 1.82) is 0 Å². The largest absolute Gasteiger partial charge is 0.377 e. The highest BCUT2D eigenvalue weighted by Crippen LogP contribution is 2.10. The van der Waals surface area contributed by atoms with Crippen LogP contribution in [-0.4, -0.2) is 19.6 Å². The van der Waals surface area contributed by atoms with E-state index in [1.165, 1.54) is 23.3 Å². The molecule has 0 aliphatic rings. The molecule has 0 aliphatic carbocycles. The van der Waals surface area contributed by atoms with Gasteiger partial charge in [-0.3, -0.25) is 4.99 Å². The molecule has 142 valence electrons. The number of nitrogens with zero attached hydrogens (tertiary/aromatic N) is 1. The van der Waals surface area contributed by atoms with E-state index in [1.807, 2.05) is 18.2 Å². The molecule has 6 heteroatoms. The highest BCUT2D eigenvalue weighted by atomic mass is 127. The molecule has 0 aromatic heterocycles. The summed E-state index contributed by atoms with van der Waals surface area (Å²) in [5, 5.41) is 6.49. The van der Waals surface area contributed by atoms with Crippen LogP contribution in [0, 0.1) is 5.82 Å². The summed E-state index contributed by atoms with van der Waals surface area (Å²) in [4.78, 5) is 4.22. The van der Waals surface area contributed by atoms with Gasteiger partial charge in [-0.1, -0.05) is 43.3 Å². The summed E-state index contributed by atoms with van der Waals surface area (Å²) < 4.78 is 18.9. The third kappa shape index (κ3) is 7.70. The first-order valence-corrected chi connectivity index (χ1v) is 8.56. The number of nitrogens with one attached hydrogen (secondary N) is 2. The van der Waals surface area contributed by atoms with Crippen molar-refractivity contribution in [3.8, 4) is 0 Å².